The van der Waals surface area contributed by atoms with E-state index in [0.717, 1.165) is 11.9 Å². The standard InChI is InChI=1S/C13H18N4O2S/c1-15-4-5-17-12(14)8-6-10(18-2)11(19-3)7-9(8)16-13(17)20/h6-7,15H,4-5,14H2,1-3H3. The van der Waals surface area contributed by atoms with Gasteiger partial charge in [0.05, 0.1) is 19.7 Å². The topological polar surface area (TPSA) is 74.3 Å². The van der Waals surface area contributed by atoms with Gasteiger partial charge in [0.2, 0.25) is 4.77 Å². The molecule has 2 rings (SSSR count). The lowest BCUT2D eigenvalue weighted by Crippen LogP contribution is -2.18. The summed E-state index contributed by atoms with van der Waals surface area (Å²) in [6.45, 7) is 1.43. The molecule has 108 valence electrons. The van der Waals surface area contributed by atoms with Gasteiger partial charge in [-0.15, -0.1) is 0 Å². The van der Waals surface area contributed by atoms with E-state index in [9.17, 15) is 0 Å². The Morgan fingerprint density at radius 2 is 1.95 bits per heavy atom. The van der Waals surface area contributed by atoms with Crippen LogP contribution in [0.15, 0.2) is 12.1 Å². The number of aromatic nitrogens is 2. The molecule has 0 amide bonds. The van der Waals surface area contributed by atoms with Gasteiger partial charge in [-0.25, -0.2) is 4.98 Å². The molecule has 0 unspecified atom stereocenters. The van der Waals surface area contributed by atoms with E-state index < -0.39 is 0 Å². The van der Waals surface area contributed by atoms with E-state index in [0.29, 0.717) is 34.1 Å². The van der Waals surface area contributed by atoms with E-state index in [2.05, 4.69) is 10.3 Å². The zero-order chi connectivity index (χ0) is 14.7. The molecule has 0 fully saturated rings. The highest BCUT2D eigenvalue weighted by Crippen LogP contribution is 2.33. The summed E-state index contributed by atoms with van der Waals surface area (Å²) in [6.07, 6.45) is 0. The van der Waals surface area contributed by atoms with Gasteiger partial charge in [0, 0.05) is 24.5 Å². The number of hydrogen-bond acceptors (Lipinski definition) is 6. The molecule has 0 spiro atoms. The Labute approximate surface area is 122 Å². The highest BCUT2D eigenvalue weighted by atomic mass is 32.1. The van der Waals surface area contributed by atoms with Gasteiger partial charge in [-0.3, -0.25) is 0 Å². The van der Waals surface area contributed by atoms with Crippen molar-refractivity contribution in [3.05, 3.63) is 16.9 Å². The number of ether oxygens (including phenoxy) is 2. The Bertz CT molecular complexity index is 684. The van der Waals surface area contributed by atoms with Crippen LogP contribution >= 0.6 is 12.2 Å². The van der Waals surface area contributed by atoms with Crippen molar-refractivity contribution in [3.8, 4) is 11.5 Å². The lowest BCUT2D eigenvalue weighted by atomic mass is 10.2. The van der Waals surface area contributed by atoms with Gasteiger partial charge in [-0.05, 0) is 25.3 Å². The first-order valence-corrected chi connectivity index (χ1v) is 6.59. The van der Waals surface area contributed by atoms with E-state index in [1.165, 1.54) is 0 Å². The van der Waals surface area contributed by atoms with Crippen LogP contribution in [0, 0.1) is 4.77 Å². The minimum Gasteiger partial charge on any atom is -0.493 e. The Hall–Kier alpha value is -1.86. The van der Waals surface area contributed by atoms with Gasteiger partial charge >= 0.3 is 0 Å². The molecule has 1 aromatic heterocycles. The van der Waals surface area contributed by atoms with Gasteiger partial charge in [0.25, 0.3) is 0 Å². The lowest BCUT2D eigenvalue weighted by Gasteiger charge is -2.14. The van der Waals surface area contributed by atoms with Gasteiger partial charge in [0.15, 0.2) is 11.5 Å². The molecule has 3 N–H and O–H groups in total. The SMILES string of the molecule is CNCCn1c(N)c2cc(OC)c(OC)cc2nc1=S. The second kappa shape index (κ2) is 6.06. The fourth-order valence-electron chi connectivity index (χ4n) is 2.02. The van der Waals surface area contributed by atoms with Gasteiger partial charge in [-0.2, -0.15) is 0 Å². The summed E-state index contributed by atoms with van der Waals surface area (Å²) in [5.41, 5.74) is 6.91. The van der Waals surface area contributed by atoms with Crippen molar-refractivity contribution >= 4 is 28.9 Å². The molecule has 20 heavy (non-hydrogen) atoms. The van der Waals surface area contributed by atoms with E-state index >= 15 is 0 Å². The number of nitrogens with zero attached hydrogens (tertiary/aromatic N) is 2. The number of nitrogen functional groups attached to an aromatic ring is 1. The smallest absolute Gasteiger partial charge is 0.201 e. The zero-order valence-electron chi connectivity index (χ0n) is 11.8. The first kappa shape index (κ1) is 14.5. The third-order valence-corrected chi connectivity index (χ3v) is 3.41. The summed E-state index contributed by atoms with van der Waals surface area (Å²) in [6, 6.07) is 3.60. The minimum atomic E-state index is 0.456. The van der Waals surface area contributed by atoms with Crippen LogP contribution in [0.2, 0.25) is 0 Å². The van der Waals surface area contributed by atoms with Gasteiger partial charge < -0.3 is 25.1 Å². The zero-order valence-corrected chi connectivity index (χ0v) is 12.6. The average Bonchev–Trinajstić information content (AvgIpc) is 2.46. The van der Waals surface area contributed by atoms with Crippen molar-refractivity contribution in [2.24, 2.45) is 0 Å². The second-order valence-corrected chi connectivity index (χ2v) is 4.62. The Balaban J connectivity index is 2.68. The van der Waals surface area contributed by atoms with Crippen LogP contribution in [-0.4, -0.2) is 37.4 Å². The summed E-state index contributed by atoms with van der Waals surface area (Å²) in [4.78, 5) is 4.41. The highest BCUT2D eigenvalue weighted by Gasteiger charge is 2.12. The maximum absolute atomic E-state index is 6.21. The van der Waals surface area contributed by atoms with Crippen molar-refractivity contribution in [2.45, 2.75) is 6.54 Å². The summed E-state index contributed by atoms with van der Waals surface area (Å²) in [5.74, 6) is 1.80. The molecule has 2 aromatic rings. The number of benzene rings is 1. The van der Waals surface area contributed by atoms with Gasteiger partial charge in [0.1, 0.15) is 5.82 Å². The molecule has 0 atom stereocenters. The quantitative estimate of drug-likeness (QED) is 0.816. The third kappa shape index (κ3) is 2.54. The molecule has 1 aromatic carbocycles. The van der Waals surface area contributed by atoms with E-state index in [-0.39, 0.29) is 0 Å². The van der Waals surface area contributed by atoms with Crippen LogP contribution in [0.4, 0.5) is 5.82 Å². The van der Waals surface area contributed by atoms with E-state index in [1.807, 2.05) is 13.1 Å². The van der Waals surface area contributed by atoms with Crippen LogP contribution in [0.1, 0.15) is 0 Å². The monoisotopic (exact) mass is 294 g/mol. The van der Waals surface area contributed by atoms with Crippen molar-refractivity contribution in [2.75, 3.05) is 33.5 Å². The average molecular weight is 294 g/mol. The van der Waals surface area contributed by atoms with Crippen molar-refractivity contribution in [1.82, 2.24) is 14.9 Å². The number of likely N-dealkylation sites (N-methyl/N-ethyl adjacent to an activating group) is 1. The number of methoxy groups -OCH3 is 2. The molecule has 0 saturated heterocycles. The fraction of sp³-hybridized carbons (Fsp3) is 0.385. The number of fused-ring (bicyclic) bond motifs is 1. The van der Waals surface area contributed by atoms with Crippen molar-refractivity contribution in [3.63, 3.8) is 0 Å². The summed E-state index contributed by atoms with van der Waals surface area (Å²) < 4.78 is 12.8. The molecule has 6 nitrogen and oxygen atoms in total. The van der Waals surface area contributed by atoms with Crippen LogP contribution in [0.3, 0.4) is 0 Å². The summed E-state index contributed by atoms with van der Waals surface area (Å²) in [7, 11) is 5.05. The molecule has 0 bridgehead atoms. The number of rotatable bonds is 5. The molecule has 0 aliphatic heterocycles. The normalized spacial score (nSPS) is 10.8. The van der Waals surface area contributed by atoms with E-state index in [1.54, 1.807) is 24.9 Å². The third-order valence-electron chi connectivity index (χ3n) is 3.10. The largest absolute Gasteiger partial charge is 0.493 e. The van der Waals surface area contributed by atoms with Crippen LogP contribution in [-0.2, 0) is 6.54 Å². The molecule has 0 saturated carbocycles. The first-order chi connectivity index (χ1) is 9.62. The summed E-state index contributed by atoms with van der Waals surface area (Å²) >= 11 is 5.29. The Morgan fingerprint density at radius 1 is 1.30 bits per heavy atom. The number of nitrogens with one attached hydrogen (secondary N) is 1. The molecular formula is C13H18N4O2S. The molecule has 0 aliphatic rings. The minimum absolute atomic E-state index is 0.456. The molecule has 1 heterocycles. The molecule has 0 radical (unpaired) electrons. The van der Waals surface area contributed by atoms with E-state index in [4.69, 9.17) is 27.4 Å². The lowest BCUT2D eigenvalue weighted by molar-refractivity contribution is 0.355. The van der Waals surface area contributed by atoms with Crippen LogP contribution in [0.5, 0.6) is 11.5 Å². The maximum Gasteiger partial charge on any atom is 0.201 e. The first-order valence-electron chi connectivity index (χ1n) is 6.19. The van der Waals surface area contributed by atoms with Crippen molar-refractivity contribution < 1.29 is 9.47 Å². The molecule has 7 heteroatoms. The summed E-state index contributed by atoms with van der Waals surface area (Å²) in [5, 5.41) is 3.86. The van der Waals surface area contributed by atoms with Crippen LogP contribution in [0.25, 0.3) is 10.9 Å². The van der Waals surface area contributed by atoms with Crippen LogP contribution < -0.4 is 20.5 Å². The fourth-order valence-corrected chi connectivity index (χ4v) is 2.31. The predicted octanol–water partition coefficient (Wildman–Crippen LogP) is 1.58. The molecular weight excluding hydrogens is 276 g/mol. The van der Waals surface area contributed by atoms with Gasteiger partial charge in [-0.1, -0.05) is 0 Å². The Morgan fingerprint density at radius 3 is 2.55 bits per heavy atom. The predicted molar refractivity (Wildman–Crippen MR) is 82.0 cm³/mol. The maximum atomic E-state index is 6.21. The molecule has 0 aliphatic carbocycles. The number of anilines is 1. The number of hydrogen-bond donors (Lipinski definition) is 2. The Kier molecular flexibility index (Phi) is 4.41. The number of nitrogens with two attached hydrogens (primary N) is 1. The van der Waals surface area contributed by atoms with Crippen molar-refractivity contribution in [1.29, 1.82) is 0 Å². The highest BCUT2D eigenvalue weighted by molar-refractivity contribution is 7.71. The second-order valence-electron chi connectivity index (χ2n) is 4.26.